The van der Waals surface area contributed by atoms with Crippen LogP contribution in [0.1, 0.15) is 11.1 Å². The number of phenolic OH excluding ortho intramolecular Hbond substituents is 1. The number of hydrogen-bond acceptors (Lipinski definition) is 4. The van der Waals surface area contributed by atoms with Crippen LogP contribution in [0.15, 0.2) is 30.3 Å². The van der Waals surface area contributed by atoms with Crippen molar-refractivity contribution in [2.45, 2.75) is 13.5 Å². The number of anilines is 1. The van der Waals surface area contributed by atoms with Gasteiger partial charge in [-0.25, -0.2) is 0 Å². The van der Waals surface area contributed by atoms with E-state index in [1.807, 2.05) is 13.0 Å². The smallest absolute Gasteiger partial charge is 0.143 e. The van der Waals surface area contributed by atoms with E-state index in [9.17, 15) is 5.11 Å². The monoisotopic (exact) mass is 307 g/mol. The van der Waals surface area contributed by atoms with Crippen LogP contribution in [-0.2, 0) is 6.54 Å². The first-order chi connectivity index (χ1) is 10.0. The van der Waals surface area contributed by atoms with Crippen LogP contribution in [-0.4, -0.2) is 19.3 Å². The van der Waals surface area contributed by atoms with Crippen LogP contribution >= 0.6 is 11.6 Å². The van der Waals surface area contributed by atoms with Crippen LogP contribution in [0.2, 0.25) is 5.02 Å². The van der Waals surface area contributed by atoms with E-state index in [1.54, 1.807) is 38.5 Å². The molecule has 21 heavy (non-hydrogen) atoms. The highest BCUT2D eigenvalue weighted by atomic mass is 35.5. The molecule has 0 bridgehead atoms. The Morgan fingerprint density at radius 3 is 2.57 bits per heavy atom. The average Bonchev–Trinajstić information content (AvgIpc) is 2.49. The maximum atomic E-state index is 9.89. The van der Waals surface area contributed by atoms with Crippen LogP contribution in [0.5, 0.6) is 17.2 Å². The van der Waals surface area contributed by atoms with Crippen molar-refractivity contribution in [2.24, 2.45) is 0 Å². The highest BCUT2D eigenvalue weighted by Crippen LogP contribution is 2.32. The van der Waals surface area contributed by atoms with Gasteiger partial charge in [-0.1, -0.05) is 11.6 Å². The maximum absolute atomic E-state index is 9.89. The van der Waals surface area contributed by atoms with Gasteiger partial charge >= 0.3 is 0 Å². The quantitative estimate of drug-likeness (QED) is 0.877. The number of nitrogens with one attached hydrogen (secondary N) is 1. The summed E-state index contributed by atoms with van der Waals surface area (Å²) >= 11 is 6.08. The van der Waals surface area contributed by atoms with Crippen LogP contribution in [0, 0.1) is 6.92 Å². The van der Waals surface area contributed by atoms with Crippen molar-refractivity contribution in [3.05, 3.63) is 46.5 Å². The topological polar surface area (TPSA) is 50.7 Å². The molecule has 2 aromatic carbocycles. The molecule has 2 N–H and O–H groups in total. The Bertz CT molecular complexity index is 644. The maximum Gasteiger partial charge on any atom is 0.143 e. The normalized spacial score (nSPS) is 10.3. The molecule has 0 aliphatic heterocycles. The first kappa shape index (κ1) is 15.3. The zero-order chi connectivity index (χ0) is 15.4. The molecular formula is C16H18ClNO3. The standard InChI is InChI=1S/C16H18ClNO3/c1-10-6-14(16(21-3)8-13(10)17)18-9-11-7-12(20-2)4-5-15(11)19/h4-8,18-19H,9H2,1-3H3. The molecule has 0 aromatic heterocycles. The zero-order valence-electron chi connectivity index (χ0n) is 12.2. The molecule has 2 rings (SSSR count). The van der Waals surface area contributed by atoms with Crippen molar-refractivity contribution in [3.63, 3.8) is 0 Å². The van der Waals surface area contributed by atoms with Gasteiger partial charge in [0.15, 0.2) is 0 Å². The Morgan fingerprint density at radius 2 is 1.90 bits per heavy atom. The molecule has 5 heteroatoms. The predicted molar refractivity (Wildman–Crippen MR) is 84.7 cm³/mol. The molecule has 0 atom stereocenters. The molecule has 0 spiro atoms. The minimum atomic E-state index is 0.216. The van der Waals surface area contributed by atoms with E-state index >= 15 is 0 Å². The van der Waals surface area contributed by atoms with Gasteiger partial charge in [-0.15, -0.1) is 0 Å². The Kier molecular flexibility index (Phi) is 4.81. The number of hydrogen-bond donors (Lipinski definition) is 2. The second-order valence-electron chi connectivity index (χ2n) is 4.65. The second kappa shape index (κ2) is 6.59. The van der Waals surface area contributed by atoms with Crippen molar-refractivity contribution >= 4 is 17.3 Å². The largest absolute Gasteiger partial charge is 0.508 e. The number of methoxy groups -OCH3 is 2. The van der Waals surface area contributed by atoms with E-state index < -0.39 is 0 Å². The van der Waals surface area contributed by atoms with E-state index in [0.717, 1.165) is 16.8 Å². The van der Waals surface area contributed by atoms with Crippen molar-refractivity contribution in [2.75, 3.05) is 19.5 Å². The summed E-state index contributed by atoms with van der Waals surface area (Å²) in [5.74, 6) is 1.57. The highest BCUT2D eigenvalue weighted by Gasteiger charge is 2.09. The third kappa shape index (κ3) is 3.52. The molecule has 0 saturated heterocycles. The minimum absolute atomic E-state index is 0.216. The molecule has 0 radical (unpaired) electrons. The van der Waals surface area contributed by atoms with Gasteiger partial charge in [-0.05, 0) is 36.8 Å². The number of ether oxygens (including phenoxy) is 2. The Morgan fingerprint density at radius 1 is 1.14 bits per heavy atom. The summed E-state index contributed by atoms with van der Waals surface area (Å²) in [6.07, 6.45) is 0. The number of aromatic hydroxyl groups is 1. The van der Waals surface area contributed by atoms with Crippen molar-refractivity contribution in [1.29, 1.82) is 0 Å². The van der Waals surface area contributed by atoms with Gasteiger partial charge in [0.1, 0.15) is 17.2 Å². The number of rotatable bonds is 5. The van der Waals surface area contributed by atoms with Gasteiger partial charge in [0.2, 0.25) is 0 Å². The molecule has 0 aliphatic carbocycles. The third-order valence-corrected chi connectivity index (χ3v) is 3.64. The minimum Gasteiger partial charge on any atom is -0.508 e. The van der Waals surface area contributed by atoms with Crippen LogP contribution < -0.4 is 14.8 Å². The summed E-state index contributed by atoms with van der Waals surface area (Å²) < 4.78 is 10.5. The fraction of sp³-hybridized carbons (Fsp3) is 0.250. The van der Waals surface area contributed by atoms with Crippen LogP contribution in [0.3, 0.4) is 0 Å². The Hall–Kier alpha value is -2.07. The number of phenols is 1. The van der Waals surface area contributed by atoms with Gasteiger partial charge in [0.05, 0.1) is 19.9 Å². The lowest BCUT2D eigenvalue weighted by Gasteiger charge is -2.14. The molecule has 0 aliphatic rings. The summed E-state index contributed by atoms with van der Waals surface area (Å²) in [4.78, 5) is 0. The van der Waals surface area contributed by atoms with Gasteiger partial charge < -0.3 is 19.9 Å². The third-order valence-electron chi connectivity index (χ3n) is 3.24. The summed E-state index contributed by atoms with van der Waals surface area (Å²) in [5, 5.41) is 13.8. The Balaban J connectivity index is 2.22. The van der Waals surface area contributed by atoms with E-state index in [-0.39, 0.29) is 5.75 Å². The lowest BCUT2D eigenvalue weighted by Crippen LogP contribution is -2.02. The SMILES string of the molecule is COc1ccc(O)c(CNc2cc(C)c(Cl)cc2OC)c1. The predicted octanol–water partition coefficient (Wildman–Crippen LogP) is 3.98. The molecule has 0 unspecified atom stereocenters. The first-order valence-electron chi connectivity index (χ1n) is 6.49. The van der Waals surface area contributed by atoms with Gasteiger partial charge in [0.25, 0.3) is 0 Å². The molecule has 2 aromatic rings. The van der Waals surface area contributed by atoms with Gasteiger partial charge in [0, 0.05) is 23.2 Å². The number of aryl methyl sites for hydroxylation is 1. The first-order valence-corrected chi connectivity index (χ1v) is 6.87. The summed E-state index contributed by atoms with van der Waals surface area (Å²) in [6.45, 7) is 2.37. The second-order valence-corrected chi connectivity index (χ2v) is 5.06. The molecule has 0 heterocycles. The molecular weight excluding hydrogens is 290 g/mol. The van der Waals surface area contributed by atoms with E-state index in [4.69, 9.17) is 21.1 Å². The summed E-state index contributed by atoms with van der Waals surface area (Å²) in [5.41, 5.74) is 2.51. The van der Waals surface area contributed by atoms with Crippen LogP contribution in [0.25, 0.3) is 0 Å². The molecule has 112 valence electrons. The van der Waals surface area contributed by atoms with Crippen molar-refractivity contribution in [3.8, 4) is 17.2 Å². The van der Waals surface area contributed by atoms with E-state index in [2.05, 4.69) is 5.32 Å². The summed E-state index contributed by atoms with van der Waals surface area (Å²) in [6, 6.07) is 8.80. The van der Waals surface area contributed by atoms with Crippen molar-refractivity contribution < 1.29 is 14.6 Å². The van der Waals surface area contributed by atoms with E-state index in [0.29, 0.717) is 23.1 Å². The van der Waals surface area contributed by atoms with Gasteiger partial charge in [-0.2, -0.15) is 0 Å². The molecule has 4 nitrogen and oxygen atoms in total. The lowest BCUT2D eigenvalue weighted by molar-refractivity contribution is 0.410. The van der Waals surface area contributed by atoms with Crippen LogP contribution in [0.4, 0.5) is 5.69 Å². The molecule has 0 amide bonds. The highest BCUT2D eigenvalue weighted by molar-refractivity contribution is 6.31. The fourth-order valence-electron chi connectivity index (χ4n) is 1.99. The van der Waals surface area contributed by atoms with E-state index in [1.165, 1.54) is 0 Å². The number of halogens is 1. The average molecular weight is 308 g/mol. The van der Waals surface area contributed by atoms with Gasteiger partial charge in [-0.3, -0.25) is 0 Å². The van der Waals surface area contributed by atoms with Crippen molar-refractivity contribution in [1.82, 2.24) is 0 Å². The lowest BCUT2D eigenvalue weighted by atomic mass is 10.1. The Labute approximate surface area is 129 Å². The fourth-order valence-corrected chi connectivity index (χ4v) is 2.14. The zero-order valence-corrected chi connectivity index (χ0v) is 13.0. The molecule has 0 saturated carbocycles. The summed E-state index contributed by atoms with van der Waals surface area (Å²) in [7, 11) is 3.18. The molecule has 0 fully saturated rings. The number of benzene rings is 2.